The Balaban J connectivity index is 2.05. The SMILES string of the molecule is CCCn1c(C)nnc1CN(CCO)C1CC1. The van der Waals surface area contributed by atoms with Crippen molar-refractivity contribution in [2.75, 3.05) is 13.2 Å². The van der Waals surface area contributed by atoms with Gasteiger partial charge < -0.3 is 9.67 Å². The largest absolute Gasteiger partial charge is 0.395 e. The summed E-state index contributed by atoms with van der Waals surface area (Å²) in [6.45, 7) is 6.91. The summed E-state index contributed by atoms with van der Waals surface area (Å²) in [7, 11) is 0. The Morgan fingerprint density at radius 1 is 1.41 bits per heavy atom. The number of hydrogen-bond donors (Lipinski definition) is 1. The second-order valence-electron chi connectivity index (χ2n) is 4.74. The zero-order valence-corrected chi connectivity index (χ0v) is 10.8. The van der Waals surface area contributed by atoms with E-state index in [1.54, 1.807) is 0 Å². The molecule has 0 saturated heterocycles. The third-order valence-electron chi connectivity index (χ3n) is 3.25. The first-order chi connectivity index (χ1) is 8.26. The van der Waals surface area contributed by atoms with Crippen LogP contribution in [0.25, 0.3) is 0 Å². The van der Waals surface area contributed by atoms with E-state index in [2.05, 4.69) is 26.6 Å². The summed E-state index contributed by atoms with van der Waals surface area (Å²) in [5.74, 6) is 2.02. The van der Waals surface area contributed by atoms with Gasteiger partial charge in [-0.1, -0.05) is 6.92 Å². The van der Waals surface area contributed by atoms with Crippen molar-refractivity contribution >= 4 is 0 Å². The molecule has 0 spiro atoms. The first-order valence-corrected chi connectivity index (χ1v) is 6.49. The zero-order chi connectivity index (χ0) is 12.3. The maximum Gasteiger partial charge on any atom is 0.147 e. The molecule has 1 aliphatic rings. The molecule has 0 aliphatic heterocycles. The molecule has 1 aliphatic carbocycles. The molecule has 1 aromatic heterocycles. The number of hydrogen-bond acceptors (Lipinski definition) is 4. The minimum absolute atomic E-state index is 0.220. The highest BCUT2D eigenvalue weighted by atomic mass is 16.3. The molecule has 0 bridgehead atoms. The van der Waals surface area contributed by atoms with Gasteiger partial charge in [-0.3, -0.25) is 4.90 Å². The lowest BCUT2D eigenvalue weighted by Crippen LogP contribution is -2.30. The highest BCUT2D eigenvalue weighted by molar-refractivity contribution is 4.96. The Hall–Kier alpha value is -0.940. The molecule has 2 rings (SSSR count). The van der Waals surface area contributed by atoms with Crippen LogP contribution in [-0.2, 0) is 13.1 Å². The molecule has 0 aromatic carbocycles. The molecule has 1 heterocycles. The summed E-state index contributed by atoms with van der Waals surface area (Å²) >= 11 is 0. The molecule has 17 heavy (non-hydrogen) atoms. The summed E-state index contributed by atoms with van der Waals surface area (Å²) in [5.41, 5.74) is 0. The van der Waals surface area contributed by atoms with E-state index in [1.807, 2.05) is 6.92 Å². The number of aromatic nitrogens is 3. The number of aliphatic hydroxyl groups is 1. The van der Waals surface area contributed by atoms with Crippen LogP contribution in [0, 0.1) is 6.92 Å². The van der Waals surface area contributed by atoms with E-state index < -0.39 is 0 Å². The van der Waals surface area contributed by atoms with Crippen LogP contribution < -0.4 is 0 Å². The van der Waals surface area contributed by atoms with Gasteiger partial charge in [-0.2, -0.15) is 0 Å². The summed E-state index contributed by atoms with van der Waals surface area (Å²) in [4.78, 5) is 2.32. The molecule has 0 amide bonds. The maximum atomic E-state index is 9.08. The summed E-state index contributed by atoms with van der Waals surface area (Å²) in [6, 6.07) is 0.647. The van der Waals surface area contributed by atoms with Gasteiger partial charge in [-0.15, -0.1) is 10.2 Å². The standard InChI is InChI=1S/C12H22N4O/c1-3-6-16-10(2)13-14-12(16)9-15(7-8-17)11-4-5-11/h11,17H,3-9H2,1-2H3. The molecule has 1 fully saturated rings. The Morgan fingerprint density at radius 3 is 2.76 bits per heavy atom. The quantitative estimate of drug-likeness (QED) is 0.768. The third kappa shape index (κ3) is 3.04. The van der Waals surface area contributed by atoms with Gasteiger partial charge in [0.25, 0.3) is 0 Å². The lowest BCUT2D eigenvalue weighted by molar-refractivity contribution is 0.178. The first kappa shape index (κ1) is 12.5. The Bertz CT molecular complexity index is 359. The van der Waals surface area contributed by atoms with E-state index in [1.165, 1.54) is 12.8 Å². The molecule has 0 radical (unpaired) electrons. The fourth-order valence-electron chi connectivity index (χ4n) is 2.20. The van der Waals surface area contributed by atoms with Crippen LogP contribution >= 0.6 is 0 Å². The summed E-state index contributed by atoms with van der Waals surface area (Å²) in [5, 5.41) is 17.5. The molecule has 0 atom stereocenters. The highest BCUT2D eigenvalue weighted by Crippen LogP contribution is 2.27. The van der Waals surface area contributed by atoms with Crippen LogP contribution in [0.4, 0.5) is 0 Å². The van der Waals surface area contributed by atoms with Crippen LogP contribution in [-0.4, -0.2) is 44.0 Å². The average molecular weight is 238 g/mol. The minimum Gasteiger partial charge on any atom is -0.395 e. The molecule has 1 aromatic rings. The van der Waals surface area contributed by atoms with E-state index in [4.69, 9.17) is 5.11 Å². The van der Waals surface area contributed by atoms with Gasteiger partial charge in [-0.25, -0.2) is 0 Å². The first-order valence-electron chi connectivity index (χ1n) is 6.49. The zero-order valence-electron chi connectivity index (χ0n) is 10.8. The predicted octanol–water partition coefficient (Wildman–Crippen LogP) is 0.953. The Labute approximate surface area is 102 Å². The van der Waals surface area contributed by atoms with Crippen molar-refractivity contribution in [3.63, 3.8) is 0 Å². The number of aryl methyl sites for hydroxylation is 1. The van der Waals surface area contributed by atoms with Crippen LogP contribution in [0.1, 0.15) is 37.8 Å². The molecule has 96 valence electrons. The van der Waals surface area contributed by atoms with Gasteiger partial charge >= 0.3 is 0 Å². The van der Waals surface area contributed by atoms with Crippen molar-refractivity contribution in [2.24, 2.45) is 0 Å². The van der Waals surface area contributed by atoms with Gasteiger partial charge in [0.05, 0.1) is 13.2 Å². The van der Waals surface area contributed by atoms with Gasteiger partial charge in [0.2, 0.25) is 0 Å². The van der Waals surface area contributed by atoms with Gasteiger partial charge in [0, 0.05) is 19.1 Å². The molecule has 5 nitrogen and oxygen atoms in total. The Kier molecular flexibility index (Phi) is 4.12. The smallest absolute Gasteiger partial charge is 0.147 e. The van der Waals surface area contributed by atoms with Crippen molar-refractivity contribution in [3.8, 4) is 0 Å². The molecule has 1 saturated carbocycles. The minimum atomic E-state index is 0.220. The normalized spacial score (nSPS) is 15.8. The molecular weight excluding hydrogens is 216 g/mol. The van der Waals surface area contributed by atoms with Gasteiger partial charge in [0.15, 0.2) is 0 Å². The second kappa shape index (κ2) is 5.60. The molecule has 0 unspecified atom stereocenters. The van der Waals surface area contributed by atoms with Crippen molar-refractivity contribution in [1.29, 1.82) is 0 Å². The van der Waals surface area contributed by atoms with E-state index in [-0.39, 0.29) is 6.61 Å². The van der Waals surface area contributed by atoms with Crippen LogP contribution in [0.3, 0.4) is 0 Å². The predicted molar refractivity (Wildman–Crippen MR) is 65.6 cm³/mol. The second-order valence-corrected chi connectivity index (χ2v) is 4.74. The topological polar surface area (TPSA) is 54.2 Å². The number of nitrogens with zero attached hydrogens (tertiary/aromatic N) is 4. The third-order valence-corrected chi connectivity index (χ3v) is 3.25. The lowest BCUT2D eigenvalue weighted by Gasteiger charge is -2.20. The molecular formula is C12H22N4O. The molecule has 5 heteroatoms. The lowest BCUT2D eigenvalue weighted by atomic mass is 10.4. The van der Waals surface area contributed by atoms with Crippen LogP contribution in [0.15, 0.2) is 0 Å². The van der Waals surface area contributed by atoms with Crippen molar-refractivity contribution < 1.29 is 5.11 Å². The van der Waals surface area contributed by atoms with E-state index >= 15 is 0 Å². The van der Waals surface area contributed by atoms with Crippen molar-refractivity contribution in [2.45, 2.75) is 52.2 Å². The van der Waals surface area contributed by atoms with Crippen molar-refractivity contribution in [3.05, 3.63) is 11.6 Å². The van der Waals surface area contributed by atoms with Gasteiger partial charge in [0.1, 0.15) is 11.6 Å². The monoisotopic (exact) mass is 238 g/mol. The fraction of sp³-hybridized carbons (Fsp3) is 0.833. The van der Waals surface area contributed by atoms with E-state index in [0.717, 1.165) is 37.7 Å². The summed E-state index contributed by atoms with van der Waals surface area (Å²) < 4.78 is 2.19. The maximum absolute atomic E-state index is 9.08. The Morgan fingerprint density at radius 2 is 2.18 bits per heavy atom. The van der Waals surface area contributed by atoms with Crippen molar-refractivity contribution in [1.82, 2.24) is 19.7 Å². The average Bonchev–Trinajstić information content (AvgIpc) is 3.10. The van der Waals surface area contributed by atoms with Crippen LogP contribution in [0.5, 0.6) is 0 Å². The van der Waals surface area contributed by atoms with Gasteiger partial charge in [-0.05, 0) is 26.2 Å². The van der Waals surface area contributed by atoms with E-state index in [0.29, 0.717) is 6.04 Å². The highest BCUT2D eigenvalue weighted by Gasteiger charge is 2.29. The van der Waals surface area contributed by atoms with Crippen LogP contribution in [0.2, 0.25) is 0 Å². The number of aliphatic hydroxyl groups excluding tert-OH is 1. The number of rotatable bonds is 7. The fourth-order valence-corrected chi connectivity index (χ4v) is 2.20. The van der Waals surface area contributed by atoms with E-state index in [9.17, 15) is 0 Å². The molecule has 1 N–H and O–H groups in total. The summed E-state index contributed by atoms with van der Waals surface area (Å²) in [6.07, 6.45) is 3.59.